The first-order chi connectivity index (χ1) is 9.79. The zero-order valence-corrected chi connectivity index (χ0v) is 13.0. The number of amides is 2. The molecule has 0 fully saturated rings. The van der Waals surface area contributed by atoms with E-state index in [-0.39, 0.29) is 11.5 Å². The van der Waals surface area contributed by atoms with E-state index in [1.54, 1.807) is 18.2 Å². The summed E-state index contributed by atoms with van der Waals surface area (Å²) in [7, 11) is 0. The number of ether oxygens (including phenoxy) is 4. The van der Waals surface area contributed by atoms with Gasteiger partial charge >= 0.3 is 12.2 Å². The fourth-order valence-corrected chi connectivity index (χ4v) is 1.86. The zero-order valence-electron chi connectivity index (χ0n) is 11.4. The highest BCUT2D eigenvalue weighted by molar-refractivity contribution is 9.10. The molecule has 2 atom stereocenters. The summed E-state index contributed by atoms with van der Waals surface area (Å²) >= 11 is 3.27. The summed E-state index contributed by atoms with van der Waals surface area (Å²) in [5, 5.41) is 0. The Balaban J connectivity index is 2.87. The van der Waals surface area contributed by atoms with Crippen molar-refractivity contribution >= 4 is 28.1 Å². The van der Waals surface area contributed by atoms with E-state index in [4.69, 9.17) is 20.9 Å². The molecule has 4 N–H and O–H groups in total. The number of carbonyl (C=O) groups excluding carboxylic acids is 2. The number of hydrogen-bond donors (Lipinski definition) is 2. The molecule has 0 spiro atoms. The average Bonchev–Trinajstić information content (AvgIpc) is 2.31. The Morgan fingerprint density at radius 1 is 1.05 bits per heavy atom. The van der Waals surface area contributed by atoms with Crippen molar-refractivity contribution in [3.8, 4) is 11.5 Å². The van der Waals surface area contributed by atoms with Gasteiger partial charge in [0, 0.05) is 13.8 Å². The number of rotatable bonds is 6. The third kappa shape index (κ3) is 5.78. The average molecular weight is 363 g/mol. The molecule has 0 aromatic heterocycles. The molecule has 1 aromatic rings. The number of para-hydroxylation sites is 1. The summed E-state index contributed by atoms with van der Waals surface area (Å²) in [5.41, 5.74) is 9.80. The van der Waals surface area contributed by atoms with Gasteiger partial charge in [0.25, 0.3) is 0 Å². The van der Waals surface area contributed by atoms with Crippen molar-refractivity contribution in [2.45, 2.75) is 26.4 Å². The van der Waals surface area contributed by atoms with Crippen LogP contribution in [0.5, 0.6) is 11.5 Å². The smallest absolute Gasteiger partial charge is 0.407 e. The maximum Gasteiger partial charge on any atom is 0.407 e. The van der Waals surface area contributed by atoms with Gasteiger partial charge in [-0.15, -0.1) is 0 Å². The van der Waals surface area contributed by atoms with Gasteiger partial charge in [-0.2, -0.15) is 0 Å². The summed E-state index contributed by atoms with van der Waals surface area (Å²) in [4.78, 5) is 21.3. The van der Waals surface area contributed by atoms with Gasteiger partial charge in [-0.25, -0.2) is 9.59 Å². The number of carbonyl (C=O) groups is 2. The van der Waals surface area contributed by atoms with Crippen LogP contribution in [-0.4, -0.2) is 24.8 Å². The van der Waals surface area contributed by atoms with Gasteiger partial charge in [0.1, 0.15) is 0 Å². The zero-order chi connectivity index (χ0) is 16.0. The normalized spacial score (nSPS) is 12.9. The van der Waals surface area contributed by atoms with Crippen LogP contribution in [0.15, 0.2) is 22.7 Å². The Labute approximate surface area is 129 Å². The predicted octanol–water partition coefficient (Wildman–Crippen LogP) is 2.09. The molecule has 0 saturated carbocycles. The summed E-state index contributed by atoms with van der Waals surface area (Å²) in [5.74, 6) is 0.518. The third-order valence-electron chi connectivity index (χ3n) is 2.07. The van der Waals surface area contributed by atoms with Gasteiger partial charge in [-0.1, -0.05) is 6.07 Å². The van der Waals surface area contributed by atoms with Crippen LogP contribution in [-0.2, 0) is 9.47 Å². The van der Waals surface area contributed by atoms with E-state index in [1.165, 1.54) is 13.8 Å². The molecular weight excluding hydrogens is 348 g/mol. The van der Waals surface area contributed by atoms with Crippen molar-refractivity contribution in [3.63, 3.8) is 0 Å². The molecule has 0 heterocycles. The van der Waals surface area contributed by atoms with Crippen LogP contribution >= 0.6 is 15.9 Å². The maximum atomic E-state index is 10.7. The number of halogens is 1. The van der Waals surface area contributed by atoms with Gasteiger partial charge in [-0.3, -0.25) is 0 Å². The summed E-state index contributed by atoms with van der Waals surface area (Å²) in [6, 6.07) is 4.96. The SMILES string of the molecule is CC(OC(N)=O)Oc1cccc(Br)c1OC(C)OC(N)=O. The second-order valence-electron chi connectivity index (χ2n) is 3.81. The lowest BCUT2D eigenvalue weighted by atomic mass is 10.3. The highest BCUT2D eigenvalue weighted by atomic mass is 79.9. The second-order valence-corrected chi connectivity index (χ2v) is 4.67. The van der Waals surface area contributed by atoms with E-state index in [0.717, 1.165) is 0 Å². The summed E-state index contributed by atoms with van der Waals surface area (Å²) in [6.07, 6.45) is -3.80. The molecule has 21 heavy (non-hydrogen) atoms. The van der Waals surface area contributed by atoms with Crippen molar-refractivity contribution in [2.75, 3.05) is 0 Å². The lowest BCUT2D eigenvalue weighted by Gasteiger charge is -2.20. The summed E-state index contributed by atoms with van der Waals surface area (Å²) < 4.78 is 20.7. The van der Waals surface area contributed by atoms with Gasteiger partial charge < -0.3 is 30.4 Å². The second kappa shape index (κ2) is 7.58. The highest BCUT2D eigenvalue weighted by Crippen LogP contribution is 2.36. The quantitative estimate of drug-likeness (QED) is 0.746. The fourth-order valence-electron chi connectivity index (χ4n) is 1.42. The minimum Gasteiger partial charge on any atom is -0.451 e. The molecule has 8 nitrogen and oxygen atoms in total. The van der Waals surface area contributed by atoms with Crippen molar-refractivity contribution in [1.82, 2.24) is 0 Å². The molecule has 0 saturated heterocycles. The standard InChI is InChI=1S/C12H15BrN2O6/c1-6(20-11(14)16)18-9-5-3-4-8(13)10(9)19-7(2)21-12(15)17/h3-7H,1-2H3,(H2,14,16)(H2,15,17). The molecule has 0 radical (unpaired) electrons. The first-order valence-corrected chi connectivity index (χ1v) is 6.63. The van der Waals surface area contributed by atoms with Crippen LogP contribution in [0, 0.1) is 0 Å². The van der Waals surface area contributed by atoms with E-state index in [2.05, 4.69) is 25.4 Å². The Morgan fingerprint density at radius 2 is 1.57 bits per heavy atom. The number of benzene rings is 1. The van der Waals surface area contributed by atoms with Crippen LogP contribution in [0.4, 0.5) is 9.59 Å². The molecule has 2 unspecified atom stereocenters. The third-order valence-corrected chi connectivity index (χ3v) is 2.70. The lowest BCUT2D eigenvalue weighted by molar-refractivity contribution is -0.0322. The van der Waals surface area contributed by atoms with Crippen LogP contribution in [0.3, 0.4) is 0 Å². The molecule has 2 amide bonds. The largest absolute Gasteiger partial charge is 0.451 e. The molecule has 0 aliphatic heterocycles. The molecule has 116 valence electrons. The van der Waals surface area contributed by atoms with Crippen molar-refractivity contribution < 1.29 is 28.5 Å². The minimum atomic E-state index is -0.970. The molecule has 0 aliphatic carbocycles. The lowest BCUT2D eigenvalue weighted by Crippen LogP contribution is -2.26. The Bertz CT molecular complexity index is 524. The molecule has 9 heteroatoms. The fraction of sp³-hybridized carbons (Fsp3) is 0.333. The van der Waals surface area contributed by atoms with E-state index < -0.39 is 24.8 Å². The van der Waals surface area contributed by atoms with E-state index >= 15 is 0 Å². The van der Waals surface area contributed by atoms with E-state index in [9.17, 15) is 9.59 Å². The van der Waals surface area contributed by atoms with Crippen LogP contribution in [0.2, 0.25) is 0 Å². The van der Waals surface area contributed by atoms with Gasteiger partial charge in [-0.05, 0) is 28.1 Å². The Morgan fingerprint density at radius 3 is 2.10 bits per heavy atom. The molecular formula is C12H15BrN2O6. The molecule has 0 bridgehead atoms. The predicted molar refractivity (Wildman–Crippen MR) is 75.7 cm³/mol. The topological polar surface area (TPSA) is 123 Å². The molecule has 0 aliphatic rings. The van der Waals surface area contributed by atoms with Gasteiger partial charge in [0.15, 0.2) is 11.5 Å². The van der Waals surface area contributed by atoms with Crippen LogP contribution in [0.1, 0.15) is 13.8 Å². The first-order valence-electron chi connectivity index (χ1n) is 5.83. The maximum absolute atomic E-state index is 10.7. The van der Waals surface area contributed by atoms with Crippen molar-refractivity contribution in [3.05, 3.63) is 22.7 Å². The first kappa shape index (κ1) is 16.9. The number of hydrogen-bond acceptors (Lipinski definition) is 6. The van der Waals surface area contributed by atoms with Crippen LogP contribution in [0.25, 0.3) is 0 Å². The van der Waals surface area contributed by atoms with Gasteiger partial charge in [0.2, 0.25) is 12.6 Å². The monoisotopic (exact) mass is 362 g/mol. The van der Waals surface area contributed by atoms with E-state index in [1.807, 2.05) is 0 Å². The Kier molecular flexibility index (Phi) is 6.10. The Hall–Kier alpha value is -2.16. The van der Waals surface area contributed by atoms with Gasteiger partial charge in [0.05, 0.1) is 4.47 Å². The summed E-state index contributed by atoms with van der Waals surface area (Å²) in [6.45, 7) is 2.97. The van der Waals surface area contributed by atoms with E-state index in [0.29, 0.717) is 4.47 Å². The molecule has 1 rings (SSSR count). The molecule has 1 aromatic carbocycles. The highest BCUT2D eigenvalue weighted by Gasteiger charge is 2.17. The van der Waals surface area contributed by atoms with Crippen molar-refractivity contribution in [2.24, 2.45) is 11.5 Å². The van der Waals surface area contributed by atoms with Crippen LogP contribution < -0.4 is 20.9 Å². The number of primary amides is 2. The number of nitrogens with two attached hydrogens (primary N) is 2. The van der Waals surface area contributed by atoms with Crippen molar-refractivity contribution in [1.29, 1.82) is 0 Å². The minimum absolute atomic E-state index is 0.256.